The lowest BCUT2D eigenvalue weighted by atomic mass is 10.0. The molecule has 112 valence electrons. The second-order valence-corrected chi connectivity index (χ2v) is 5.23. The number of carbonyl (C=O) groups excluding carboxylic acids is 1. The second kappa shape index (κ2) is 5.99. The highest BCUT2D eigenvalue weighted by Crippen LogP contribution is 2.24. The molecule has 0 fully saturated rings. The minimum atomic E-state index is -1.02. The van der Waals surface area contributed by atoms with Crippen LogP contribution in [0.1, 0.15) is 41.3 Å². The van der Waals surface area contributed by atoms with Gasteiger partial charge in [0.1, 0.15) is 17.9 Å². The van der Waals surface area contributed by atoms with E-state index in [0.717, 1.165) is 11.1 Å². The quantitative estimate of drug-likeness (QED) is 0.886. The summed E-state index contributed by atoms with van der Waals surface area (Å²) in [5.41, 5.74) is 3.14. The Hall–Kier alpha value is -2.30. The third-order valence-electron chi connectivity index (χ3n) is 3.62. The van der Waals surface area contributed by atoms with Crippen LogP contribution in [0.4, 0.5) is 0 Å². The van der Waals surface area contributed by atoms with Crippen molar-refractivity contribution in [1.82, 2.24) is 5.32 Å². The first kappa shape index (κ1) is 15.1. The van der Waals surface area contributed by atoms with Gasteiger partial charge in [0, 0.05) is 5.39 Å². The number of carboxylic acid groups (broad SMARTS) is 1. The fourth-order valence-electron chi connectivity index (χ4n) is 2.24. The molecule has 0 aliphatic carbocycles. The van der Waals surface area contributed by atoms with Crippen molar-refractivity contribution in [3.8, 4) is 0 Å². The molecule has 2 rings (SSSR count). The van der Waals surface area contributed by atoms with Crippen LogP contribution in [0.15, 0.2) is 22.8 Å². The molecule has 0 radical (unpaired) electrons. The lowest BCUT2D eigenvalue weighted by Crippen LogP contribution is -2.40. The highest BCUT2D eigenvalue weighted by atomic mass is 16.4. The zero-order valence-electron chi connectivity index (χ0n) is 12.4. The van der Waals surface area contributed by atoms with Crippen LogP contribution < -0.4 is 5.32 Å². The van der Waals surface area contributed by atoms with E-state index >= 15 is 0 Å². The van der Waals surface area contributed by atoms with E-state index < -0.39 is 17.9 Å². The van der Waals surface area contributed by atoms with Gasteiger partial charge >= 0.3 is 5.97 Å². The number of furan rings is 1. The maximum absolute atomic E-state index is 12.3. The predicted octanol–water partition coefficient (Wildman–Crippen LogP) is 3.03. The highest BCUT2D eigenvalue weighted by Gasteiger charge is 2.22. The maximum atomic E-state index is 12.3. The fraction of sp³-hybridized carbons (Fsp3) is 0.375. The molecule has 0 saturated heterocycles. The maximum Gasteiger partial charge on any atom is 0.326 e. The third kappa shape index (κ3) is 3.07. The molecule has 0 bridgehead atoms. The molecule has 1 unspecified atom stereocenters. The molecule has 0 saturated carbocycles. The Labute approximate surface area is 122 Å². The summed E-state index contributed by atoms with van der Waals surface area (Å²) < 4.78 is 5.40. The van der Waals surface area contributed by atoms with Crippen molar-refractivity contribution < 1.29 is 19.1 Å². The summed E-state index contributed by atoms with van der Waals surface area (Å²) in [6.07, 6.45) is 2.46. The number of fused-ring (bicyclic) bond motifs is 1. The van der Waals surface area contributed by atoms with Crippen molar-refractivity contribution in [2.75, 3.05) is 0 Å². The highest BCUT2D eigenvalue weighted by molar-refractivity contribution is 6.07. The largest absolute Gasteiger partial charge is 0.480 e. The van der Waals surface area contributed by atoms with Crippen molar-refractivity contribution in [3.63, 3.8) is 0 Å². The van der Waals surface area contributed by atoms with E-state index in [1.807, 2.05) is 32.9 Å². The summed E-state index contributed by atoms with van der Waals surface area (Å²) in [6, 6.07) is 2.89. The lowest BCUT2D eigenvalue weighted by Gasteiger charge is -2.12. The van der Waals surface area contributed by atoms with Gasteiger partial charge in [0.15, 0.2) is 0 Å². The Morgan fingerprint density at radius 1 is 1.29 bits per heavy atom. The van der Waals surface area contributed by atoms with Crippen LogP contribution in [-0.2, 0) is 4.79 Å². The Balaban J connectivity index is 2.31. The molecule has 2 N–H and O–H groups in total. The van der Waals surface area contributed by atoms with Crippen LogP contribution >= 0.6 is 0 Å². The monoisotopic (exact) mass is 289 g/mol. The van der Waals surface area contributed by atoms with E-state index in [0.29, 0.717) is 29.4 Å². The number of aliphatic carboxylic acids is 1. The van der Waals surface area contributed by atoms with Crippen LogP contribution in [0.5, 0.6) is 0 Å². The normalized spacial score (nSPS) is 12.3. The molecule has 5 heteroatoms. The number of aryl methyl sites for hydroxylation is 2. The molecule has 1 aromatic heterocycles. The smallest absolute Gasteiger partial charge is 0.326 e. The zero-order chi connectivity index (χ0) is 15.6. The van der Waals surface area contributed by atoms with Gasteiger partial charge in [-0.3, -0.25) is 4.79 Å². The minimum absolute atomic E-state index is 0.371. The number of benzene rings is 1. The van der Waals surface area contributed by atoms with E-state index in [1.165, 1.54) is 6.26 Å². The topological polar surface area (TPSA) is 79.5 Å². The number of hydrogen-bond donors (Lipinski definition) is 2. The van der Waals surface area contributed by atoms with Crippen molar-refractivity contribution in [3.05, 3.63) is 35.1 Å². The summed E-state index contributed by atoms with van der Waals surface area (Å²) in [7, 11) is 0. The Morgan fingerprint density at radius 3 is 2.57 bits per heavy atom. The molecule has 0 aliphatic heterocycles. The average molecular weight is 289 g/mol. The van der Waals surface area contributed by atoms with Gasteiger partial charge in [-0.05, 0) is 43.5 Å². The van der Waals surface area contributed by atoms with Crippen LogP contribution in [0.25, 0.3) is 11.0 Å². The Bertz CT molecular complexity index is 687. The van der Waals surface area contributed by atoms with Crippen molar-refractivity contribution in [2.24, 2.45) is 0 Å². The SMILES string of the molecule is CCCC(NC(=O)c1coc2cc(C)c(C)cc12)C(=O)O. The molecule has 0 aliphatic rings. The molecule has 1 heterocycles. The van der Waals surface area contributed by atoms with Crippen LogP contribution in [0.2, 0.25) is 0 Å². The Morgan fingerprint density at radius 2 is 1.95 bits per heavy atom. The number of hydrogen-bond acceptors (Lipinski definition) is 3. The predicted molar refractivity (Wildman–Crippen MR) is 79.5 cm³/mol. The molecular formula is C16H19NO4. The van der Waals surface area contributed by atoms with E-state index in [1.54, 1.807) is 0 Å². The van der Waals surface area contributed by atoms with E-state index in [-0.39, 0.29) is 0 Å². The first-order chi connectivity index (χ1) is 9.93. The molecule has 21 heavy (non-hydrogen) atoms. The van der Waals surface area contributed by atoms with E-state index in [2.05, 4.69) is 5.32 Å². The lowest BCUT2D eigenvalue weighted by molar-refractivity contribution is -0.139. The summed E-state index contributed by atoms with van der Waals surface area (Å²) >= 11 is 0. The van der Waals surface area contributed by atoms with Crippen LogP contribution in [0.3, 0.4) is 0 Å². The Kier molecular flexibility index (Phi) is 4.31. The molecule has 0 spiro atoms. The zero-order valence-corrected chi connectivity index (χ0v) is 12.4. The van der Waals surface area contributed by atoms with Gasteiger partial charge in [0.05, 0.1) is 5.56 Å². The molecule has 1 aromatic carbocycles. The van der Waals surface area contributed by atoms with Crippen molar-refractivity contribution in [1.29, 1.82) is 0 Å². The average Bonchev–Trinajstić information content (AvgIpc) is 2.81. The van der Waals surface area contributed by atoms with Crippen LogP contribution in [0, 0.1) is 13.8 Å². The second-order valence-electron chi connectivity index (χ2n) is 5.23. The van der Waals surface area contributed by atoms with Gasteiger partial charge in [0.25, 0.3) is 5.91 Å². The number of carboxylic acids is 1. The van der Waals surface area contributed by atoms with E-state index in [4.69, 9.17) is 9.52 Å². The van der Waals surface area contributed by atoms with E-state index in [9.17, 15) is 9.59 Å². The number of rotatable bonds is 5. The molecular weight excluding hydrogens is 270 g/mol. The molecule has 5 nitrogen and oxygen atoms in total. The first-order valence-corrected chi connectivity index (χ1v) is 6.96. The summed E-state index contributed by atoms with van der Waals surface area (Å²) in [5.74, 6) is -1.44. The van der Waals surface area contributed by atoms with Crippen molar-refractivity contribution >= 4 is 22.8 Å². The number of amides is 1. The van der Waals surface area contributed by atoms with Gasteiger partial charge in [-0.2, -0.15) is 0 Å². The van der Waals surface area contributed by atoms with Gasteiger partial charge in [-0.15, -0.1) is 0 Å². The minimum Gasteiger partial charge on any atom is -0.480 e. The summed E-state index contributed by atoms with van der Waals surface area (Å²) in [5, 5.41) is 12.4. The van der Waals surface area contributed by atoms with Gasteiger partial charge in [-0.1, -0.05) is 13.3 Å². The number of carbonyl (C=O) groups is 2. The van der Waals surface area contributed by atoms with Gasteiger partial charge in [-0.25, -0.2) is 4.79 Å². The third-order valence-corrected chi connectivity index (χ3v) is 3.62. The van der Waals surface area contributed by atoms with Gasteiger partial charge in [0.2, 0.25) is 0 Å². The molecule has 2 aromatic rings. The van der Waals surface area contributed by atoms with Crippen molar-refractivity contribution in [2.45, 2.75) is 39.7 Å². The summed E-state index contributed by atoms with van der Waals surface area (Å²) in [4.78, 5) is 23.4. The molecule has 1 atom stereocenters. The fourth-order valence-corrected chi connectivity index (χ4v) is 2.24. The van der Waals surface area contributed by atoms with Gasteiger partial charge < -0.3 is 14.8 Å². The molecule has 1 amide bonds. The number of nitrogens with one attached hydrogen (secondary N) is 1. The standard InChI is InChI=1S/C16H19NO4/c1-4-5-13(16(19)20)17-15(18)12-8-21-14-7-10(3)9(2)6-11(12)14/h6-8,13H,4-5H2,1-3H3,(H,17,18)(H,19,20). The summed E-state index contributed by atoms with van der Waals surface area (Å²) in [6.45, 7) is 5.81. The first-order valence-electron chi connectivity index (χ1n) is 6.96. The van der Waals surface area contributed by atoms with Crippen LogP contribution in [-0.4, -0.2) is 23.0 Å².